The molecule has 0 aromatic heterocycles. The van der Waals surface area contributed by atoms with E-state index in [9.17, 15) is 0 Å². The molecule has 106 valence electrons. The molecule has 18 heavy (non-hydrogen) atoms. The van der Waals surface area contributed by atoms with Crippen LogP contribution in [0.4, 0.5) is 0 Å². The Bertz CT molecular complexity index is 256. The number of hydrogen-bond donors (Lipinski definition) is 1. The van der Waals surface area contributed by atoms with Crippen LogP contribution in [-0.4, -0.2) is 35.6 Å². The van der Waals surface area contributed by atoms with Gasteiger partial charge < -0.3 is 5.32 Å². The molecule has 0 spiro atoms. The average molecular weight is 252 g/mol. The summed E-state index contributed by atoms with van der Waals surface area (Å²) in [6.45, 7) is 12.0. The van der Waals surface area contributed by atoms with E-state index in [2.05, 4.69) is 37.9 Å². The third kappa shape index (κ3) is 2.91. The van der Waals surface area contributed by atoms with Crippen LogP contribution in [0.2, 0.25) is 0 Å². The van der Waals surface area contributed by atoms with Gasteiger partial charge in [-0.15, -0.1) is 0 Å². The SMILES string of the molecule is CCC1CNC(C(C)C)CN1C1(C)CCCCC1. The molecule has 2 nitrogen and oxygen atoms in total. The fourth-order valence-electron chi connectivity index (χ4n) is 3.90. The summed E-state index contributed by atoms with van der Waals surface area (Å²) in [6, 6.07) is 1.44. The van der Waals surface area contributed by atoms with Crippen LogP contribution in [-0.2, 0) is 0 Å². The van der Waals surface area contributed by atoms with E-state index in [1.54, 1.807) is 0 Å². The molecule has 0 aromatic rings. The van der Waals surface area contributed by atoms with E-state index in [-0.39, 0.29) is 0 Å². The van der Waals surface area contributed by atoms with Crippen LogP contribution < -0.4 is 5.32 Å². The lowest BCUT2D eigenvalue weighted by Crippen LogP contribution is -2.64. The third-order valence-electron chi connectivity index (χ3n) is 5.35. The summed E-state index contributed by atoms with van der Waals surface area (Å²) in [5, 5.41) is 3.76. The fourth-order valence-corrected chi connectivity index (χ4v) is 3.90. The number of piperazine rings is 1. The van der Waals surface area contributed by atoms with Crippen LogP contribution in [0.15, 0.2) is 0 Å². The molecule has 2 atom stereocenters. The molecule has 0 amide bonds. The van der Waals surface area contributed by atoms with Crippen LogP contribution in [0.3, 0.4) is 0 Å². The highest BCUT2D eigenvalue weighted by Gasteiger charge is 2.40. The standard InChI is InChI=1S/C16H32N2/c1-5-14-11-17-15(13(2)3)12-18(14)16(4)9-7-6-8-10-16/h13-15,17H,5-12H2,1-4H3. The second kappa shape index (κ2) is 5.92. The molecule has 1 heterocycles. The van der Waals surface area contributed by atoms with Crippen LogP contribution in [0.1, 0.15) is 66.2 Å². The molecule has 1 aliphatic heterocycles. The normalized spacial score (nSPS) is 33.8. The highest BCUT2D eigenvalue weighted by atomic mass is 15.3. The number of nitrogens with one attached hydrogen (secondary N) is 1. The van der Waals surface area contributed by atoms with Crippen molar-refractivity contribution in [2.75, 3.05) is 13.1 Å². The molecule has 2 heteroatoms. The molecule has 2 fully saturated rings. The van der Waals surface area contributed by atoms with Crippen LogP contribution in [0.25, 0.3) is 0 Å². The maximum Gasteiger partial charge on any atom is 0.0224 e. The summed E-state index contributed by atoms with van der Waals surface area (Å²) in [5.41, 5.74) is 0.480. The first-order chi connectivity index (χ1) is 8.57. The molecule has 1 saturated heterocycles. The van der Waals surface area contributed by atoms with Gasteiger partial charge in [0.25, 0.3) is 0 Å². The molecule has 1 saturated carbocycles. The minimum atomic E-state index is 0.480. The van der Waals surface area contributed by atoms with Crippen LogP contribution in [0.5, 0.6) is 0 Å². The van der Waals surface area contributed by atoms with Gasteiger partial charge in [0.2, 0.25) is 0 Å². The lowest BCUT2D eigenvalue weighted by atomic mass is 9.79. The quantitative estimate of drug-likeness (QED) is 0.828. The summed E-state index contributed by atoms with van der Waals surface area (Å²) in [4.78, 5) is 2.87. The van der Waals surface area contributed by atoms with Gasteiger partial charge in [-0.05, 0) is 32.1 Å². The van der Waals surface area contributed by atoms with Crippen molar-refractivity contribution < 1.29 is 0 Å². The average Bonchev–Trinajstić information content (AvgIpc) is 2.38. The van der Waals surface area contributed by atoms with E-state index in [1.807, 2.05) is 0 Å². The van der Waals surface area contributed by atoms with Gasteiger partial charge in [0, 0.05) is 30.7 Å². The van der Waals surface area contributed by atoms with Gasteiger partial charge in [-0.3, -0.25) is 4.90 Å². The Morgan fingerprint density at radius 3 is 2.44 bits per heavy atom. The topological polar surface area (TPSA) is 15.3 Å². The summed E-state index contributed by atoms with van der Waals surface area (Å²) in [5.74, 6) is 0.748. The van der Waals surface area contributed by atoms with Crippen molar-refractivity contribution in [1.82, 2.24) is 10.2 Å². The number of nitrogens with zero attached hydrogens (tertiary/aromatic N) is 1. The Balaban J connectivity index is 2.09. The highest BCUT2D eigenvalue weighted by Crippen LogP contribution is 2.36. The second-order valence-electron chi connectivity index (χ2n) is 7.03. The predicted molar refractivity (Wildman–Crippen MR) is 78.9 cm³/mol. The maximum atomic E-state index is 3.76. The number of rotatable bonds is 3. The summed E-state index contributed by atoms with van der Waals surface area (Å²) in [6.07, 6.45) is 8.43. The van der Waals surface area contributed by atoms with Crippen molar-refractivity contribution in [2.24, 2.45) is 5.92 Å². The summed E-state index contributed by atoms with van der Waals surface area (Å²) in [7, 11) is 0. The Hall–Kier alpha value is -0.0800. The first kappa shape index (κ1) is 14.3. The lowest BCUT2D eigenvalue weighted by Gasteiger charge is -2.52. The van der Waals surface area contributed by atoms with E-state index in [0.29, 0.717) is 11.6 Å². The van der Waals surface area contributed by atoms with Gasteiger partial charge >= 0.3 is 0 Å². The molecule has 0 bridgehead atoms. The van der Waals surface area contributed by atoms with E-state index in [4.69, 9.17) is 0 Å². The van der Waals surface area contributed by atoms with Gasteiger partial charge in [0.1, 0.15) is 0 Å². The zero-order valence-electron chi connectivity index (χ0n) is 12.8. The van der Waals surface area contributed by atoms with E-state index in [1.165, 1.54) is 51.6 Å². The fraction of sp³-hybridized carbons (Fsp3) is 1.00. The van der Waals surface area contributed by atoms with Crippen molar-refractivity contribution in [2.45, 2.75) is 83.8 Å². The molecule has 2 unspecified atom stereocenters. The Morgan fingerprint density at radius 1 is 1.22 bits per heavy atom. The number of hydrogen-bond acceptors (Lipinski definition) is 2. The monoisotopic (exact) mass is 252 g/mol. The largest absolute Gasteiger partial charge is 0.311 e. The zero-order chi connectivity index (χ0) is 13.2. The predicted octanol–water partition coefficient (Wildman–Crippen LogP) is 3.42. The first-order valence-electron chi connectivity index (χ1n) is 8.07. The van der Waals surface area contributed by atoms with Crippen molar-refractivity contribution in [3.05, 3.63) is 0 Å². The minimum Gasteiger partial charge on any atom is -0.311 e. The molecule has 0 radical (unpaired) electrons. The van der Waals surface area contributed by atoms with Crippen LogP contribution in [0, 0.1) is 5.92 Å². The first-order valence-corrected chi connectivity index (χ1v) is 8.07. The van der Waals surface area contributed by atoms with E-state index < -0.39 is 0 Å². The van der Waals surface area contributed by atoms with Gasteiger partial charge in [-0.25, -0.2) is 0 Å². The smallest absolute Gasteiger partial charge is 0.0224 e. The highest BCUT2D eigenvalue weighted by molar-refractivity contribution is 4.98. The molecule has 1 N–H and O–H groups in total. The van der Waals surface area contributed by atoms with E-state index >= 15 is 0 Å². The lowest BCUT2D eigenvalue weighted by molar-refractivity contribution is -0.0107. The van der Waals surface area contributed by atoms with Gasteiger partial charge in [-0.2, -0.15) is 0 Å². The van der Waals surface area contributed by atoms with Crippen molar-refractivity contribution in [1.29, 1.82) is 0 Å². The Morgan fingerprint density at radius 2 is 1.89 bits per heavy atom. The molecular formula is C16H32N2. The minimum absolute atomic E-state index is 0.480. The molecule has 1 aliphatic carbocycles. The van der Waals surface area contributed by atoms with Crippen molar-refractivity contribution in [3.8, 4) is 0 Å². The molecule has 2 rings (SSSR count). The summed E-state index contributed by atoms with van der Waals surface area (Å²) < 4.78 is 0. The van der Waals surface area contributed by atoms with Crippen molar-refractivity contribution in [3.63, 3.8) is 0 Å². The second-order valence-corrected chi connectivity index (χ2v) is 7.03. The maximum absolute atomic E-state index is 3.76. The molecular weight excluding hydrogens is 220 g/mol. The van der Waals surface area contributed by atoms with Gasteiger partial charge in [0.15, 0.2) is 0 Å². The Labute approximate surface area is 114 Å². The van der Waals surface area contributed by atoms with Crippen LogP contribution >= 0.6 is 0 Å². The molecule has 2 aliphatic rings. The molecule has 0 aromatic carbocycles. The Kier molecular flexibility index (Phi) is 4.71. The third-order valence-corrected chi connectivity index (χ3v) is 5.35. The van der Waals surface area contributed by atoms with Crippen molar-refractivity contribution >= 4 is 0 Å². The van der Waals surface area contributed by atoms with Gasteiger partial charge in [-0.1, -0.05) is 40.0 Å². The summed E-state index contributed by atoms with van der Waals surface area (Å²) >= 11 is 0. The van der Waals surface area contributed by atoms with Gasteiger partial charge in [0.05, 0.1) is 0 Å². The zero-order valence-corrected chi connectivity index (χ0v) is 12.8. The van der Waals surface area contributed by atoms with E-state index in [0.717, 1.165) is 12.0 Å².